The SMILES string of the molecule is CC(C)[C@@H](C(=O)O)N1Cc2ccc(-c3ccc(Nc4ccc(-c5cnco5)cc4)cc3)cc2C1=O. The number of hydrogen-bond acceptors (Lipinski definition) is 5. The summed E-state index contributed by atoms with van der Waals surface area (Å²) in [5.41, 5.74) is 6.16. The van der Waals surface area contributed by atoms with Gasteiger partial charge in [-0.2, -0.15) is 0 Å². The fourth-order valence-corrected chi connectivity index (χ4v) is 4.49. The number of aromatic nitrogens is 1. The van der Waals surface area contributed by atoms with Crippen LogP contribution in [0.25, 0.3) is 22.5 Å². The predicted octanol–water partition coefficient (Wildman–Crippen LogP) is 5.82. The van der Waals surface area contributed by atoms with Gasteiger partial charge in [-0.1, -0.05) is 38.1 Å². The van der Waals surface area contributed by atoms with Crippen LogP contribution in [0.3, 0.4) is 0 Å². The zero-order valence-corrected chi connectivity index (χ0v) is 19.4. The number of hydrogen-bond donors (Lipinski definition) is 2. The number of nitrogens with one attached hydrogen (secondary N) is 1. The number of carbonyl (C=O) groups is 2. The highest BCUT2D eigenvalue weighted by Gasteiger charge is 2.38. The minimum atomic E-state index is -0.975. The second-order valence-electron chi connectivity index (χ2n) is 8.98. The second-order valence-corrected chi connectivity index (χ2v) is 8.98. The van der Waals surface area contributed by atoms with Crippen molar-refractivity contribution in [3.63, 3.8) is 0 Å². The molecule has 4 aromatic rings. The van der Waals surface area contributed by atoms with Crippen molar-refractivity contribution in [1.29, 1.82) is 0 Å². The second kappa shape index (κ2) is 9.10. The highest BCUT2D eigenvalue weighted by Crippen LogP contribution is 2.32. The maximum atomic E-state index is 13.0. The van der Waals surface area contributed by atoms with E-state index in [0.29, 0.717) is 12.1 Å². The summed E-state index contributed by atoms with van der Waals surface area (Å²) in [4.78, 5) is 30.2. The zero-order chi connectivity index (χ0) is 24.5. The van der Waals surface area contributed by atoms with Crippen LogP contribution < -0.4 is 5.32 Å². The van der Waals surface area contributed by atoms with Crippen molar-refractivity contribution in [2.75, 3.05) is 5.32 Å². The van der Waals surface area contributed by atoms with Gasteiger partial charge in [0.25, 0.3) is 5.91 Å². The topological polar surface area (TPSA) is 95.7 Å². The molecule has 2 heterocycles. The van der Waals surface area contributed by atoms with Gasteiger partial charge in [0.05, 0.1) is 6.20 Å². The van der Waals surface area contributed by atoms with E-state index in [0.717, 1.165) is 39.4 Å². The molecule has 1 amide bonds. The summed E-state index contributed by atoms with van der Waals surface area (Å²) < 4.78 is 5.32. The van der Waals surface area contributed by atoms with Crippen molar-refractivity contribution >= 4 is 23.3 Å². The fourth-order valence-electron chi connectivity index (χ4n) is 4.49. The molecule has 0 unspecified atom stereocenters. The van der Waals surface area contributed by atoms with Crippen LogP contribution in [0, 0.1) is 5.92 Å². The van der Waals surface area contributed by atoms with Crippen molar-refractivity contribution in [3.05, 3.63) is 90.4 Å². The molecular formula is C28H25N3O4. The normalized spacial score (nSPS) is 13.7. The molecule has 0 fully saturated rings. The van der Waals surface area contributed by atoms with Crippen LogP contribution >= 0.6 is 0 Å². The number of carbonyl (C=O) groups excluding carboxylic acids is 1. The van der Waals surface area contributed by atoms with Gasteiger partial charge in [0.15, 0.2) is 12.2 Å². The molecule has 3 aromatic carbocycles. The van der Waals surface area contributed by atoms with Crippen molar-refractivity contribution in [3.8, 4) is 22.5 Å². The molecule has 0 aliphatic carbocycles. The van der Waals surface area contributed by atoms with Gasteiger partial charge >= 0.3 is 5.97 Å². The Kier molecular flexibility index (Phi) is 5.82. The van der Waals surface area contributed by atoms with Crippen LogP contribution in [-0.4, -0.2) is 32.9 Å². The maximum absolute atomic E-state index is 13.0. The molecule has 1 aromatic heterocycles. The average Bonchev–Trinajstić information content (AvgIpc) is 3.49. The van der Waals surface area contributed by atoms with Crippen LogP contribution in [0.1, 0.15) is 29.8 Å². The number of amides is 1. The molecule has 1 atom stereocenters. The van der Waals surface area contributed by atoms with Gasteiger partial charge < -0.3 is 19.7 Å². The van der Waals surface area contributed by atoms with Crippen molar-refractivity contribution < 1.29 is 19.1 Å². The number of benzene rings is 3. The van der Waals surface area contributed by atoms with Crippen molar-refractivity contribution in [2.24, 2.45) is 5.92 Å². The van der Waals surface area contributed by atoms with Gasteiger partial charge in [-0.15, -0.1) is 0 Å². The van der Waals surface area contributed by atoms with Gasteiger partial charge in [-0.3, -0.25) is 4.79 Å². The minimum absolute atomic E-state index is 0.177. The Morgan fingerprint density at radius 2 is 1.60 bits per heavy atom. The Labute approximate surface area is 203 Å². The van der Waals surface area contributed by atoms with Crippen molar-refractivity contribution in [1.82, 2.24) is 9.88 Å². The summed E-state index contributed by atoms with van der Waals surface area (Å²) in [6.45, 7) is 3.96. The Hall–Kier alpha value is -4.39. The van der Waals surface area contributed by atoms with Gasteiger partial charge in [0.2, 0.25) is 0 Å². The highest BCUT2D eigenvalue weighted by molar-refractivity contribution is 6.01. The van der Waals surface area contributed by atoms with Crippen LogP contribution in [-0.2, 0) is 11.3 Å². The Morgan fingerprint density at radius 3 is 2.17 bits per heavy atom. The smallest absolute Gasteiger partial charge is 0.326 e. The first kappa shape index (κ1) is 22.4. The molecule has 1 aliphatic rings. The molecule has 35 heavy (non-hydrogen) atoms. The van der Waals surface area contributed by atoms with Crippen LogP contribution in [0.15, 0.2) is 83.7 Å². The van der Waals surface area contributed by atoms with Crippen LogP contribution in [0.4, 0.5) is 11.4 Å². The van der Waals surface area contributed by atoms with E-state index < -0.39 is 12.0 Å². The molecule has 0 saturated heterocycles. The number of carboxylic acids is 1. The number of rotatable bonds is 7. The van der Waals surface area contributed by atoms with Gasteiger partial charge in [0, 0.05) is 29.0 Å². The van der Waals surface area contributed by atoms with E-state index >= 15 is 0 Å². The molecule has 0 saturated carbocycles. The lowest BCUT2D eigenvalue weighted by molar-refractivity contribution is -0.144. The third-order valence-corrected chi connectivity index (χ3v) is 6.27. The number of oxazole rings is 1. The maximum Gasteiger partial charge on any atom is 0.326 e. The van der Waals surface area contributed by atoms with E-state index in [1.807, 2.05) is 80.6 Å². The Morgan fingerprint density at radius 1 is 0.971 bits per heavy atom. The molecule has 0 spiro atoms. The average molecular weight is 468 g/mol. The Bertz CT molecular complexity index is 1360. The zero-order valence-electron chi connectivity index (χ0n) is 19.4. The number of fused-ring (bicyclic) bond motifs is 1. The summed E-state index contributed by atoms with van der Waals surface area (Å²) in [6.07, 6.45) is 3.09. The van der Waals surface area contributed by atoms with Gasteiger partial charge in [-0.25, -0.2) is 9.78 Å². The lowest BCUT2D eigenvalue weighted by Gasteiger charge is -2.27. The fraction of sp³-hybridized carbons (Fsp3) is 0.179. The first-order valence-electron chi connectivity index (χ1n) is 11.4. The summed E-state index contributed by atoms with van der Waals surface area (Å²) in [5.74, 6) is -0.657. The molecule has 0 bridgehead atoms. The largest absolute Gasteiger partial charge is 0.480 e. The molecule has 7 heteroatoms. The van der Waals surface area contributed by atoms with E-state index in [1.165, 1.54) is 11.3 Å². The van der Waals surface area contributed by atoms with E-state index in [-0.39, 0.29) is 11.8 Å². The van der Waals surface area contributed by atoms with Crippen LogP contribution in [0.2, 0.25) is 0 Å². The molecule has 176 valence electrons. The summed E-state index contributed by atoms with van der Waals surface area (Å²) >= 11 is 0. The van der Waals surface area contributed by atoms with Gasteiger partial charge in [-0.05, 0) is 65.1 Å². The quantitative estimate of drug-likeness (QED) is 0.356. The Balaban J connectivity index is 1.31. The number of anilines is 2. The lowest BCUT2D eigenvalue weighted by atomic mass is 10.00. The summed E-state index contributed by atoms with van der Waals surface area (Å²) in [6, 6.07) is 20.8. The lowest BCUT2D eigenvalue weighted by Crippen LogP contribution is -2.44. The molecule has 1 aliphatic heterocycles. The number of carboxylic acid groups (broad SMARTS) is 1. The van der Waals surface area contributed by atoms with Gasteiger partial charge in [0.1, 0.15) is 6.04 Å². The number of aliphatic carboxylic acids is 1. The standard InChI is InChI=1S/C28H25N3O4/c1-17(2)26(28(33)34)31-15-21-4-3-20(13-24(21)27(31)32)18-5-9-22(10-6-18)30-23-11-7-19(8-12-23)25-14-29-16-35-25/h3-14,16-17,26,30H,15H2,1-2H3,(H,33,34)/t26-/m0/s1. The van der Waals surface area contributed by atoms with E-state index in [1.54, 1.807) is 6.20 Å². The van der Waals surface area contributed by atoms with E-state index in [2.05, 4.69) is 10.3 Å². The van der Waals surface area contributed by atoms with Crippen LogP contribution in [0.5, 0.6) is 0 Å². The van der Waals surface area contributed by atoms with E-state index in [4.69, 9.17) is 4.42 Å². The molecule has 2 N–H and O–H groups in total. The van der Waals surface area contributed by atoms with Crippen molar-refractivity contribution in [2.45, 2.75) is 26.4 Å². The first-order chi connectivity index (χ1) is 16.9. The summed E-state index contributed by atoms with van der Waals surface area (Å²) in [5, 5.41) is 13.0. The highest BCUT2D eigenvalue weighted by atomic mass is 16.4. The number of nitrogens with zero attached hydrogens (tertiary/aromatic N) is 2. The predicted molar refractivity (Wildman–Crippen MR) is 133 cm³/mol. The molecule has 5 rings (SSSR count). The third kappa shape index (κ3) is 4.40. The molecule has 0 radical (unpaired) electrons. The monoisotopic (exact) mass is 467 g/mol. The first-order valence-corrected chi connectivity index (χ1v) is 11.4. The molecular weight excluding hydrogens is 442 g/mol. The van der Waals surface area contributed by atoms with E-state index in [9.17, 15) is 14.7 Å². The summed E-state index contributed by atoms with van der Waals surface area (Å²) in [7, 11) is 0. The third-order valence-electron chi connectivity index (χ3n) is 6.27. The molecule has 7 nitrogen and oxygen atoms in total. The minimum Gasteiger partial charge on any atom is -0.480 e.